The Morgan fingerprint density at radius 3 is 3.05 bits per heavy atom. The van der Waals surface area contributed by atoms with Gasteiger partial charge < -0.3 is 10.2 Å². The second-order valence-electron chi connectivity index (χ2n) is 5.66. The van der Waals surface area contributed by atoms with Crippen LogP contribution in [-0.4, -0.2) is 36.5 Å². The quantitative estimate of drug-likeness (QED) is 0.904. The highest BCUT2D eigenvalue weighted by Crippen LogP contribution is 2.30. The van der Waals surface area contributed by atoms with E-state index in [4.69, 9.17) is 0 Å². The van der Waals surface area contributed by atoms with Crippen molar-refractivity contribution in [2.75, 3.05) is 19.6 Å². The number of rotatable bonds is 5. The van der Waals surface area contributed by atoms with Gasteiger partial charge in [0.1, 0.15) is 0 Å². The molecule has 1 aliphatic rings. The standard InChI is InChI=1S/C16H22N2OS2/c1-2-8-18(11-12-5-3-4-7-17-12)16(19)15-10-14-13(21-15)6-9-20-14/h6,9-10,12,17H,2-5,7-8,11H2,1H3. The molecule has 1 saturated heterocycles. The second kappa shape index (κ2) is 6.90. The van der Waals surface area contributed by atoms with Gasteiger partial charge in [-0.3, -0.25) is 4.79 Å². The lowest BCUT2D eigenvalue weighted by Crippen LogP contribution is -2.45. The highest BCUT2D eigenvalue weighted by molar-refractivity contribution is 7.27. The summed E-state index contributed by atoms with van der Waals surface area (Å²) in [6.07, 6.45) is 4.74. The van der Waals surface area contributed by atoms with E-state index in [0.717, 1.165) is 30.9 Å². The second-order valence-corrected chi connectivity index (χ2v) is 7.69. The van der Waals surface area contributed by atoms with Crippen LogP contribution in [0.1, 0.15) is 42.3 Å². The lowest BCUT2D eigenvalue weighted by atomic mass is 10.0. The maximum Gasteiger partial charge on any atom is 0.264 e. The molecule has 0 aromatic carbocycles. The number of carbonyl (C=O) groups excluding carboxylic acids is 1. The van der Waals surface area contributed by atoms with Crippen molar-refractivity contribution in [2.45, 2.75) is 38.6 Å². The number of amides is 1. The maximum atomic E-state index is 12.8. The fraction of sp³-hybridized carbons (Fsp3) is 0.562. The number of hydrogen-bond acceptors (Lipinski definition) is 4. The highest BCUT2D eigenvalue weighted by Gasteiger charge is 2.22. The van der Waals surface area contributed by atoms with Crippen LogP contribution in [0.15, 0.2) is 17.5 Å². The molecule has 0 saturated carbocycles. The van der Waals surface area contributed by atoms with Crippen LogP contribution in [0, 0.1) is 0 Å². The molecule has 0 spiro atoms. The lowest BCUT2D eigenvalue weighted by Gasteiger charge is -2.30. The van der Waals surface area contributed by atoms with Gasteiger partial charge in [0.2, 0.25) is 0 Å². The first-order valence-corrected chi connectivity index (χ1v) is 9.47. The van der Waals surface area contributed by atoms with Crippen molar-refractivity contribution in [3.63, 3.8) is 0 Å². The zero-order valence-electron chi connectivity index (χ0n) is 12.4. The Labute approximate surface area is 134 Å². The minimum atomic E-state index is 0.206. The summed E-state index contributed by atoms with van der Waals surface area (Å²) in [4.78, 5) is 15.7. The van der Waals surface area contributed by atoms with E-state index in [-0.39, 0.29) is 5.91 Å². The van der Waals surface area contributed by atoms with Gasteiger partial charge in [-0.25, -0.2) is 0 Å². The summed E-state index contributed by atoms with van der Waals surface area (Å²) in [5.41, 5.74) is 0. The molecule has 21 heavy (non-hydrogen) atoms. The third-order valence-electron chi connectivity index (χ3n) is 3.98. The van der Waals surface area contributed by atoms with Crippen LogP contribution in [-0.2, 0) is 0 Å². The molecule has 0 bridgehead atoms. The molecule has 1 fully saturated rings. The third-order valence-corrected chi connectivity index (χ3v) is 6.07. The Kier molecular flexibility index (Phi) is 4.93. The SMILES string of the molecule is CCCN(CC1CCCCN1)C(=O)c1cc2sccc2s1. The van der Waals surface area contributed by atoms with Crippen molar-refractivity contribution >= 4 is 38.0 Å². The van der Waals surface area contributed by atoms with Gasteiger partial charge in [0.05, 0.1) is 4.88 Å². The topological polar surface area (TPSA) is 32.3 Å². The van der Waals surface area contributed by atoms with Crippen molar-refractivity contribution in [3.05, 3.63) is 22.4 Å². The van der Waals surface area contributed by atoms with E-state index >= 15 is 0 Å². The number of carbonyl (C=O) groups is 1. The number of fused-ring (bicyclic) bond motifs is 1. The van der Waals surface area contributed by atoms with Crippen LogP contribution >= 0.6 is 22.7 Å². The normalized spacial score (nSPS) is 19.0. The fourth-order valence-corrected chi connectivity index (χ4v) is 5.00. The Balaban J connectivity index is 1.72. The molecule has 1 unspecified atom stereocenters. The molecule has 3 heterocycles. The van der Waals surface area contributed by atoms with Crippen LogP contribution in [0.2, 0.25) is 0 Å². The summed E-state index contributed by atoms with van der Waals surface area (Å²) < 4.78 is 2.46. The number of hydrogen-bond donors (Lipinski definition) is 1. The van der Waals surface area contributed by atoms with E-state index in [1.54, 1.807) is 22.7 Å². The van der Waals surface area contributed by atoms with Crippen molar-refractivity contribution in [1.29, 1.82) is 0 Å². The van der Waals surface area contributed by atoms with Crippen LogP contribution in [0.25, 0.3) is 9.40 Å². The summed E-state index contributed by atoms with van der Waals surface area (Å²) in [6, 6.07) is 4.63. The molecule has 0 aliphatic carbocycles. The molecule has 3 rings (SSSR count). The average molecular weight is 322 g/mol. The summed E-state index contributed by atoms with van der Waals surface area (Å²) in [7, 11) is 0. The molecule has 3 nitrogen and oxygen atoms in total. The molecular weight excluding hydrogens is 300 g/mol. The third kappa shape index (κ3) is 3.47. The van der Waals surface area contributed by atoms with E-state index in [1.807, 2.05) is 4.90 Å². The minimum Gasteiger partial charge on any atom is -0.336 e. The van der Waals surface area contributed by atoms with Gasteiger partial charge in [-0.15, -0.1) is 22.7 Å². The first-order chi connectivity index (χ1) is 10.3. The monoisotopic (exact) mass is 322 g/mol. The van der Waals surface area contributed by atoms with Gasteiger partial charge in [0.15, 0.2) is 0 Å². The minimum absolute atomic E-state index is 0.206. The number of thiophene rings is 2. The molecule has 1 amide bonds. The summed E-state index contributed by atoms with van der Waals surface area (Å²) in [5.74, 6) is 0.206. The van der Waals surface area contributed by atoms with E-state index in [1.165, 1.54) is 28.7 Å². The first kappa shape index (κ1) is 15.0. The van der Waals surface area contributed by atoms with Crippen molar-refractivity contribution in [3.8, 4) is 0 Å². The Bertz CT molecular complexity index is 570. The van der Waals surface area contributed by atoms with Gasteiger partial charge in [0.25, 0.3) is 5.91 Å². The van der Waals surface area contributed by atoms with Crippen molar-refractivity contribution in [2.24, 2.45) is 0 Å². The maximum absolute atomic E-state index is 12.8. The largest absolute Gasteiger partial charge is 0.336 e. The fourth-order valence-electron chi connectivity index (χ4n) is 2.92. The van der Waals surface area contributed by atoms with Gasteiger partial charge >= 0.3 is 0 Å². The Morgan fingerprint density at radius 2 is 2.33 bits per heavy atom. The molecule has 2 aromatic heterocycles. The van der Waals surface area contributed by atoms with E-state index < -0.39 is 0 Å². The summed E-state index contributed by atoms with van der Waals surface area (Å²) in [5, 5.41) is 5.64. The summed E-state index contributed by atoms with van der Waals surface area (Å²) >= 11 is 3.34. The zero-order valence-corrected chi connectivity index (χ0v) is 14.1. The molecule has 0 radical (unpaired) electrons. The van der Waals surface area contributed by atoms with Crippen molar-refractivity contribution < 1.29 is 4.79 Å². The highest BCUT2D eigenvalue weighted by atomic mass is 32.1. The number of nitrogens with zero attached hydrogens (tertiary/aromatic N) is 1. The van der Waals surface area contributed by atoms with Crippen LogP contribution in [0.4, 0.5) is 0 Å². The first-order valence-electron chi connectivity index (χ1n) is 7.77. The predicted molar refractivity (Wildman–Crippen MR) is 91.5 cm³/mol. The molecular formula is C16H22N2OS2. The molecule has 114 valence electrons. The van der Waals surface area contributed by atoms with E-state index in [2.05, 4.69) is 29.8 Å². The molecule has 2 aromatic rings. The summed E-state index contributed by atoms with van der Waals surface area (Å²) in [6.45, 7) is 4.93. The molecule has 1 atom stereocenters. The predicted octanol–water partition coefficient (Wildman–Crippen LogP) is 3.96. The molecule has 1 aliphatic heterocycles. The van der Waals surface area contributed by atoms with Crippen LogP contribution in [0.3, 0.4) is 0 Å². The van der Waals surface area contributed by atoms with Gasteiger partial charge in [-0.05, 0) is 43.3 Å². The van der Waals surface area contributed by atoms with Gasteiger partial charge in [-0.2, -0.15) is 0 Å². The Hall–Kier alpha value is -0.910. The molecule has 5 heteroatoms. The Morgan fingerprint density at radius 1 is 1.43 bits per heavy atom. The van der Waals surface area contributed by atoms with Gasteiger partial charge in [0, 0.05) is 28.5 Å². The zero-order chi connectivity index (χ0) is 14.7. The lowest BCUT2D eigenvalue weighted by molar-refractivity contribution is 0.0736. The van der Waals surface area contributed by atoms with Crippen molar-refractivity contribution in [1.82, 2.24) is 10.2 Å². The average Bonchev–Trinajstić information content (AvgIpc) is 3.08. The number of nitrogens with one attached hydrogen (secondary N) is 1. The smallest absolute Gasteiger partial charge is 0.264 e. The van der Waals surface area contributed by atoms with Crippen LogP contribution in [0.5, 0.6) is 0 Å². The van der Waals surface area contributed by atoms with E-state index in [9.17, 15) is 4.79 Å². The number of piperidine rings is 1. The molecule has 1 N–H and O–H groups in total. The van der Waals surface area contributed by atoms with Gasteiger partial charge in [-0.1, -0.05) is 13.3 Å². The van der Waals surface area contributed by atoms with E-state index in [0.29, 0.717) is 6.04 Å². The van der Waals surface area contributed by atoms with Crippen LogP contribution < -0.4 is 5.32 Å².